The minimum Gasteiger partial charge on any atom is -0.382 e. The van der Waals surface area contributed by atoms with E-state index in [-0.39, 0.29) is 30.1 Å². The highest BCUT2D eigenvalue weighted by Gasteiger charge is 2.31. The van der Waals surface area contributed by atoms with Crippen LogP contribution in [0.25, 0.3) is 22.2 Å². The fourth-order valence-corrected chi connectivity index (χ4v) is 6.42. The van der Waals surface area contributed by atoms with Crippen LogP contribution in [-0.2, 0) is 22.9 Å². The summed E-state index contributed by atoms with van der Waals surface area (Å²) in [6.45, 7) is -0.907. The van der Waals surface area contributed by atoms with E-state index in [9.17, 15) is 26.4 Å². The Morgan fingerprint density at radius 1 is 0.925 bits per heavy atom. The average Bonchev–Trinajstić information content (AvgIpc) is 3.27. The lowest BCUT2D eigenvalue weighted by Gasteiger charge is -2.24. The van der Waals surface area contributed by atoms with Crippen LogP contribution in [0.2, 0.25) is 0 Å². The second-order valence-electron chi connectivity index (χ2n) is 9.91. The number of anilines is 2. The smallest absolute Gasteiger partial charge is 0.382 e. The van der Waals surface area contributed by atoms with Crippen LogP contribution >= 0.6 is 0 Å². The number of sulfone groups is 1. The van der Waals surface area contributed by atoms with Gasteiger partial charge < -0.3 is 20.5 Å². The molecule has 1 fully saturated rings. The SMILES string of the molecule is O=C(NCc1ccc(-c2cc3c(NC4CCS(=O)(=O)CC4)cccc3n2CC(F)(F)F)cc1)Nc1ccccc1. The van der Waals surface area contributed by atoms with Gasteiger partial charge in [-0.3, -0.25) is 0 Å². The van der Waals surface area contributed by atoms with Crippen molar-refractivity contribution in [1.82, 2.24) is 9.88 Å². The monoisotopic (exact) mass is 570 g/mol. The summed E-state index contributed by atoms with van der Waals surface area (Å²) in [6, 6.07) is 22.5. The average molecular weight is 571 g/mol. The van der Waals surface area contributed by atoms with Crippen LogP contribution in [0.3, 0.4) is 0 Å². The fraction of sp³-hybridized carbons (Fsp3) is 0.276. The highest BCUT2D eigenvalue weighted by atomic mass is 32.2. The van der Waals surface area contributed by atoms with Crippen LogP contribution in [0.4, 0.5) is 29.3 Å². The fourth-order valence-electron chi connectivity index (χ4n) is 4.93. The van der Waals surface area contributed by atoms with Gasteiger partial charge in [0.25, 0.3) is 0 Å². The van der Waals surface area contributed by atoms with Crippen molar-refractivity contribution in [1.29, 1.82) is 0 Å². The molecule has 0 atom stereocenters. The third-order valence-corrected chi connectivity index (χ3v) is 8.65. The summed E-state index contributed by atoms with van der Waals surface area (Å²) in [5.74, 6) is 0.187. The van der Waals surface area contributed by atoms with E-state index in [0.717, 1.165) is 5.56 Å². The van der Waals surface area contributed by atoms with Gasteiger partial charge in [0.1, 0.15) is 16.4 Å². The first-order chi connectivity index (χ1) is 19.1. The van der Waals surface area contributed by atoms with E-state index in [0.29, 0.717) is 46.4 Å². The van der Waals surface area contributed by atoms with Crippen LogP contribution in [0.15, 0.2) is 78.9 Å². The van der Waals surface area contributed by atoms with Crippen molar-refractivity contribution in [2.24, 2.45) is 0 Å². The molecule has 3 aromatic carbocycles. The van der Waals surface area contributed by atoms with E-state index in [1.807, 2.05) is 24.3 Å². The first kappa shape index (κ1) is 27.6. The zero-order valence-electron chi connectivity index (χ0n) is 21.5. The standard InChI is InChI=1S/C29H29F3N4O3S/c30-29(31,32)19-36-26-8-4-7-25(34-23-13-15-40(38,39)16-14-23)24(26)17-27(36)21-11-9-20(10-12-21)18-33-28(37)35-22-5-2-1-3-6-22/h1-12,17,23,34H,13-16,18-19H2,(H2,33,35,37). The Balaban J connectivity index is 1.37. The van der Waals surface area contributed by atoms with Gasteiger partial charge in [0, 0.05) is 35.0 Å². The number of nitrogens with zero attached hydrogens (tertiary/aromatic N) is 1. The van der Waals surface area contributed by atoms with Gasteiger partial charge in [0.2, 0.25) is 0 Å². The van der Waals surface area contributed by atoms with Crippen molar-refractivity contribution in [2.45, 2.75) is 38.1 Å². The molecule has 1 aliphatic heterocycles. The zero-order valence-corrected chi connectivity index (χ0v) is 22.4. The minimum absolute atomic E-state index is 0.0746. The third-order valence-electron chi connectivity index (χ3n) is 6.93. The van der Waals surface area contributed by atoms with Gasteiger partial charge in [-0.25, -0.2) is 13.2 Å². The molecule has 2 heterocycles. The Hall–Kier alpha value is -3.99. The number of fused-ring (bicyclic) bond motifs is 1. The van der Waals surface area contributed by atoms with E-state index in [4.69, 9.17) is 0 Å². The van der Waals surface area contributed by atoms with Gasteiger partial charge in [0.05, 0.1) is 17.0 Å². The van der Waals surface area contributed by atoms with Crippen LogP contribution in [0.5, 0.6) is 0 Å². The molecular weight excluding hydrogens is 541 g/mol. The van der Waals surface area contributed by atoms with Gasteiger partial charge in [-0.1, -0.05) is 48.5 Å². The van der Waals surface area contributed by atoms with E-state index in [1.54, 1.807) is 54.6 Å². The Morgan fingerprint density at radius 3 is 2.30 bits per heavy atom. The second kappa shape index (κ2) is 11.2. The molecule has 3 N–H and O–H groups in total. The molecule has 2 amide bonds. The number of para-hydroxylation sites is 1. The Morgan fingerprint density at radius 2 is 1.62 bits per heavy atom. The first-order valence-electron chi connectivity index (χ1n) is 12.9. The van der Waals surface area contributed by atoms with Gasteiger partial charge in [-0.15, -0.1) is 0 Å². The van der Waals surface area contributed by atoms with Crippen molar-refractivity contribution in [2.75, 3.05) is 22.1 Å². The topological polar surface area (TPSA) is 92.2 Å². The molecule has 210 valence electrons. The minimum atomic E-state index is -4.43. The zero-order chi connectivity index (χ0) is 28.3. The van der Waals surface area contributed by atoms with Crippen LogP contribution in [0.1, 0.15) is 18.4 Å². The predicted molar refractivity (Wildman–Crippen MR) is 151 cm³/mol. The van der Waals surface area contributed by atoms with Crippen molar-refractivity contribution >= 4 is 38.1 Å². The molecule has 1 aliphatic rings. The highest BCUT2D eigenvalue weighted by molar-refractivity contribution is 7.91. The summed E-state index contributed by atoms with van der Waals surface area (Å²) >= 11 is 0. The molecule has 1 aromatic heterocycles. The molecule has 0 saturated carbocycles. The summed E-state index contributed by atoms with van der Waals surface area (Å²) in [5, 5.41) is 9.51. The van der Waals surface area contributed by atoms with Gasteiger partial charge in [0.15, 0.2) is 0 Å². The summed E-state index contributed by atoms with van der Waals surface area (Å²) < 4.78 is 65.8. The Kier molecular flexibility index (Phi) is 7.75. The lowest BCUT2D eigenvalue weighted by Crippen LogP contribution is -2.32. The van der Waals surface area contributed by atoms with Gasteiger partial charge in [-0.2, -0.15) is 13.2 Å². The molecule has 1 saturated heterocycles. The molecule has 11 heteroatoms. The summed E-state index contributed by atoms with van der Waals surface area (Å²) in [4.78, 5) is 12.2. The second-order valence-corrected chi connectivity index (χ2v) is 12.2. The Labute approximate surface area is 230 Å². The molecule has 0 bridgehead atoms. The first-order valence-corrected chi connectivity index (χ1v) is 14.7. The van der Waals surface area contributed by atoms with Gasteiger partial charge >= 0.3 is 12.2 Å². The summed E-state index contributed by atoms with van der Waals surface area (Å²) in [5.41, 5.74) is 3.58. The maximum absolute atomic E-state index is 13.6. The number of benzene rings is 3. The molecular formula is C29H29F3N4O3S. The van der Waals surface area contributed by atoms with Crippen molar-refractivity contribution in [3.05, 3.63) is 84.4 Å². The molecule has 4 aromatic rings. The molecule has 40 heavy (non-hydrogen) atoms. The quantitative estimate of drug-likeness (QED) is 0.247. The largest absolute Gasteiger partial charge is 0.406 e. The molecule has 0 spiro atoms. The number of carbonyl (C=O) groups is 1. The molecule has 5 rings (SSSR count). The van der Waals surface area contributed by atoms with Gasteiger partial charge in [-0.05, 0) is 54.3 Å². The predicted octanol–water partition coefficient (Wildman–Crippen LogP) is 6.18. The molecule has 0 unspecified atom stereocenters. The lowest BCUT2D eigenvalue weighted by atomic mass is 10.1. The number of rotatable bonds is 7. The number of urea groups is 1. The van der Waals surface area contributed by atoms with Crippen LogP contribution < -0.4 is 16.0 Å². The maximum atomic E-state index is 13.6. The number of carbonyl (C=O) groups excluding carboxylic acids is 1. The molecule has 0 radical (unpaired) electrons. The van der Waals surface area contributed by atoms with Crippen molar-refractivity contribution in [3.8, 4) is 11.3 Å². The summed E-state index contributed by atoms with van der Waals surface area (Å²) in [7, 11) is -3.03. The third kappa shape index (κ3) is 6.77. The van der Waals surface area contributed by atoms with Crippen LogP contribution in [-0.4, -0.2) is 42.7 Å². The number of halogens is 3. The lowest BCUT2D eigenvalue weighted by molar-refractivity contribution is -0.139. The number of aromatic nitrogens is 1. The normalized spacial score (nSPS) is 15.6. The Bertz CT molecular complexity index is 1590. The van der Waals surface area contributed by atoms with E-state index in [2.05, 4.69) is 16.0 Å². The maximum Gasteiger partial charge on any atom is 0.406 e. The van der Waals surface area contributed by atoms with Crippen LogP contribution in [0, 0.1) is 0 Å². The number of nitrogens with one attached hydrogen (secondary N) is 3. The summed E-state index contributed by atoms with van der Waals surface area (Å²) in [6.07, 6.45) is -3.53. The number of amides is 2. The highest BCUT2D eigenvalue weighted by Crippen LogP contribution is 2.36. The van der Waals surface area contributed by atoms with E-state index in [1.165, 1.54) is 4.57 Å². The number of alkyl halides is 3. The van der Waals surface area contributed by atoms with Crippen molar-refractivity contribution in [3.63, 3.8) is 0 Å². The van der Waals surface area contributed by atoms with Crippen molar-refractivity contribution < 1.29 is 26.4 Å². The molecule has 0 aliphatic carbocycles. The molecule has 7 nitrogen and oxygen atoms in total. The van der Waals surface area contributed by atoms with E-state index >= 15 is 0 Å². The number of hydrogen-bond donors (Lipinski definition) is 3. The number of hydrogen-bond acceptors (Lipinski definition) is 4. The van der Waals surface area contributed by atoms with E-state index < -0.39 is 22.6 Å².